The fraction of sp³-hybridized carbons (Fsp3) is 0.226. The van der Waals surface area contributed by atoms with Crippen LogP contribution in [0.2, 0.25) is 0 Å². The van der Waals surface area contributed by atoms with E-state index in [1.807, 2.05) is 25.1 Å². The molecule has 2 heterocycles. The molecule has 0 bridgehead atoms. The molecule has 7 aromatic carbocycles. The summed E-state index contributed by atoms with van der Waals surface area (Å²) in [6.07, 6.45) is 1.57. The van der Waals surface area contributed by atoms with E-state index in [1.54, 1.807) is 18.3 Å². The number of benzene rings is 7. The van der Waals surface area contributed by atoms with E-state index in [0.717, 1.165) is 77.9 Å². The Morgan fingerprint density at radius 2 is 1.27 bits per heavy atom. The van der Waals surface area contributed by atoms with Gasteiger partial charge < -0.3 is 5.11 Å². The lowest BCUT2D eigenvalue weighted by Gasteiger charge is -2.22. The molecule has 0 atom stereocenters. The lowest BCUT2D eigenvalue weighted by molar-refractivity contribution is 0.472. The van der Waals surface area contributed by atoms with E-state index in [4.69, 9.17) is 19.6 Å². The first-order valence-corrected chi connectivity index (χ1v) is 22.7. The minimum atomic E-state index is -2.82. The number of aryl methyl sites for hydroxylation is 2. The maximum absolute atomic E-state index is 12.1. The highest BCUT2D eigenvalue weighted by Crippen LogP contribution is 2.44. The van der Waals surface area contributed by atoms with E-state index in [0.29, 0.717) is 22.6 Å². The predicted molar refractivity (Wildman–Crippen MR) is 279 cm³/mol. The zero-order valence-corrected chi connectivity index (χ0v) is 39.6. The van der Waals surface area contributed by atoms with Crippen LogP contribution in [0.3, 0.4) is 0 Å². The molecular weight excluding hydrogens is 803 g/mol. The Labute approximate surface area is 401 Å². The van der Waals surface area contributed by atoms with Crippen LogP contribution in [-0.4, -0.2) is 19.6 Å². The first-order valence-electron chi connectivity index (χ1n) is 26.2. The van der Waals surface area contributed by atoms with Gasteiger partial charge in [0, 0.05) is 27.0 Å². The highest BCUT2D eigenvalue weighted by Gasteiger charge is 2.26. The Hall–Kier alpha value is -7.04. The Kier molecular flexibility index (Phi) is 9.36. The summed E-state index contributed by atoms with van der Waals surface area (Å²) in [4.78, 5) is 10.4. The lowest BCUT2D eigenvalue weighted by atomic mass is 9.83. The third-order valence-corrected chi connectivity index (χ3v) is 12.7. The number of pyridine rings is 1. The summed E-state index contributed by atoms with van der Waals surface area (Å²) in [5, 5.41) is 12.1. The summed E-state index contributed by atoms with van der Waals surface area (Å²) in [6, 6.07) is 41.7. The molecule has 66 heavy (non-hydrogen) atoms. The first-order chi connectivity index (χ1) is 34.3. The number of hydrogen-bond donors (Lipinski definition) is 1. The van der Waals surface area contributed by atoms with Crippen molar-refractivity contribution < 1.29 is 14.7 Å². The van der Waals surface area contributed by atoms with Crippen molar-refractivity contribution in [1.29, 1.82) is 0 Å². The fourth-order valence-electron chi connectivity index (χ4n) is 8.82. The number of phenolic OH excluding ortho intramolecular Hbond substituents is 1. The number of rotatable bonds is 8. The summed E-state index contributed by atoms with van der Waals surface area (Å²) in [6.45, 7) is 18.7. The summed E-state index contributed by atoms with van der Waals surface area (Å²) in [5.74, 6) is 0.935. The molecule has 0 saturated carbocycles. The third-order valence-electron chi connectivity index (χ3n) is 12.7. The third kappa shape index (κ3) is 8.49. The molecule has 0 unspecified atom stereocenters. The maximum Gasteiger partial charge on any atom is 0.149 e. The van der Waals surface area contributed by atoms with Crippen molar-refractivity contribution in [3.8, 4) is 78.6 Å². The van der Waals surface area contributed by atoms with Gasteiger partial charge in [0.25, 0.3) is 0 Å². The Morgan fingerprint density at radius 3 is 1.95 bits per heavy atom. The molecule has 9 rings (SSSR count). The summed E-state index contributed by atoms with van der Waals surface area (Å²) >= 11 is 0. The van der Waals surface area contributed by atoms with E-state index in [2.05, 4.69) is 164 Å². The summed E-state index contributed by atoms with van der Waals surface area (Å²) in [5.41, 5.74) is 15.0. The SMILES string of the molecule is [2H]c1c([2H])c(C([2H])([2H])[2H])c([2H])c([2H])c1-c1ccnc(-c2cc(-c3cccc4c3nc(-c3cc(C(C)C)cc(C)c3O)n4-c3cc(C)c(-c4ccc(C(C)(C)C)cc4)cc3-c3ccccc3)cc(C(C)(C)C)c2)c1. The van der Waals surface area contributed by atoms with Crippen LogP contribution >= 0.6 is 0 Å². The predicted octanol–water partition coefficient (Wildman–Crippen LogP) is 16.8. The molecule has 0 fully saturated rings. The zero-order chi connectivity index (χ0) is 52.6. The van der Waals surface area contributed by atoms with Gasteiger partial charge in [0.2, 0.25) is 0 Å². The van der Waals surface area contributed by atoms with Crippen LogP contribution in [-0.2, 0) is 10.8 Å². The standard InChI is InChI=1S/C62H61N3O/c1-38(2)46-30-41(5)59(66)54(35-46)60-64-58-51(47-32-48(34-50(33-47)62(9,10)11)55-36-45(28-29-63-55)42-22-20-39(3)21-23-42)18-15-19-56(58)65(60)57-31-40(4)52(37-53(57)43-16-13-12-14-17-43)44-24-26-49(27-25-44)61(6,7)8/h12-38,66H,1-11H3/i3D3,20D,21D,22D,23D. The van der Waals surface area contributed by atoms with Gasteiger partial charge in [0.05, 0.1) is 33.5 Å². The number of imidazole rings is 1. The van der Waals surface area contributed by atoms with Crippen molar-refractivity contribution in [3.05, 3.63) is 191 Å². The molecule has 0 radical (unpaired) electrons. The number of fused-ring (bicyclic) bond motifs is 1. The van der Waals surface area contributed by atoms with Gasteiger partial charge in [-0.25, -0.2) is 4.98 Å². The number of nitrogens with zero attached hydrogens (tertiary/aromatic N) is 3. The smallest absolute Gasteiger partial charge is 0.149 e. The van der Waals surface area contributed by atoms with Crippen molar-refractivity contribution in [3.63, 3.8) is 0 Å². The van der Waals surface area contributed by atoms with E-state index in [-0.39, 0.29) is 28.1 Å². The summed E-state index contributed by atoms with van der Waals surface area (Å²) in [7, 11) is 0. The van der Waals surface area contributed by atoms with Crippen LogP contribution in [0.25, 0.3) is 83.9 Å². The van der Waals surface area contributed by atoms with Crippen LogP contribution < -0.4 is 0 Å². The van der Waals surface area contributed by atoms with Gasteiger partial charge in [-0.15, -0.1) is 0 Å². The molecule has 0 saturated heterocycles. The van der Waals surface area contributed by atoms with Gasteiger partial charge in [-0.2, -0.15) is 0 Å². The van der Waals surface area contributed by atoms with Gasteiger partial charge >= 0.3 is 0 Å². The average Bonchev–Trinajstić information content (AvgIpc) is 3.73. The molecule has 2 aromatic heterocycles. The molecule has 0 amide bonds. The van der Waals surface area contributed by atoms with Gasteiger partial charge in [0.1, 0.15) is 11.6 Å². The molecule has 330 valence electrons. The van der Waals surface area contributed by atoms with Crippen LogP contribution in [0.1, 0.15) is 104 Å². The Bertz CT molecular complexity index is 3590. The summed E-state index contributed by atoms with van der Waals surface area (Å²) < 4.78 is 61.0. The minimum Gasteiger partial charge on any atom is -0.507 e. The molecule has 4 heteroatoms. The highest BCUT2D eigenvalue weighted by molar-refractivity contribution is 5.98. The molecule has 4 nitrogen and oxygen atoms in total. The van der Waals surface area contributed by atoms with Crippen molar-refractivity contribution in [1.82, 2.24) is 14.5 Å². The van der Waals surface area contributed by atoms with Crippen molar-refractivity contribution in [2.75, 3.05) is 0 Å². The van der Waals surface area contributed by atoms with Crippen molar-refractivity contribution >= 4 is 11.0 Å². The number of phenols is 1. The number of hydrogen-bond acceptors (Lipinski definition) is 3. The van der Waals surface area contributed by atoms with Crippen molar-refractivity contribution in [2.24, 2.45) is 0 Å². The zero-order valence-electron chi connectivity index (χ0n) is 46.6. The largest absolute Gasteiger partial charge is 0.507 e. The fourth-order valence-corrected chi connectivity index (χ4v) is 8.82. The van der Waals surface area contributed by atoms with E-state index >= 15 is 0 Å². The topological polar surface area (TPSA) is 50.9 Å². The lowest BCUT2D eigenvalue weighted by Crippen LogP contribution is -2.11. The quantitative estimate of drug-likeness (QED) is 0.165. The Balaban J connectivity index is 1.31. The van der Waals surface area contributed by atoms with E-state index in [9.17, 15) is 5.11 Å². The second-order valence-electron chi connectivity index (χ2n) is 19.9. The molecule has 0 aliphatic rings. The van der Waals surface area contributed by atoms with Crippen LogP contribution in [0.5, 0.6) is 5.75 Å². The number of para-hydroxylation sites is 1. The average molecular weight is 871 g/mol. The van der Waals surface area contributed by atoms with Crippen molar-refractivity contribution in [2.45, 2.75) is 92.8 Å². The van der Waals surface area contributed by atoms with Gasteiger partial charge in [-0.1, -0.05) is 164 Å². The number of aromatic nitrogens is 3. The van der Waals surface area contributed by atoms with Crippen LogP contribution in [0, 0.1) is 20.7 Å². The Morgan fingerprint density at radius 1 is 0.576 bits per heavy atom. The van der Waals surface area contributed by atoms with Gasteiger partial charge in [-0.3, -0.25) is 9.55 Å². The molecule has 0 aliphatic heterocycles. The van der Waals surface area contributed by atoms with Crippen LogP contribution in [0.15, 0.2) is 158 Å². The molecule has 1 N–H and O–H groups in total. The second kappa shape index (κ2) is 17.1. The van der Waals surface area contributed by atoms with E-state index in [1.165, 1.54) is 5.56 Å². The maximum atomic E-state index is 12.1. The molecule has 0 aliphatic carbocycles. The molecule has 9 aromatic rings. The van der Waals surface area contributed by atoms with Gasteiger partial charge in [-0.05, 0) is 147 Å². The molecular formula is C62H61N3O. The van der Waals surface area contributed by atoms with Gasteiger partial charge in [0.15, 0.2) is 0 Å². The molecule has 0 spiro atoms. The van der Waals surface area contributed by atoms with Crippen LogP contribution in [0.4, 0.5) is 0 Å². The monoisotopic (exact) mass is 871 g/mol. The normalized spacial score (nSPS) is 13.8. The second-order valence-corrected chi connectivity index (χ2v) is 19.9. The minimum absolute atomic E-state index is 0.00158. The highest BCUT2D eigenvalue weighted by atomic mass is 16.3. The first kappa shape index (κ1) is 36.2. The van der Waals surface area contributed by atoms with E-state index < -0.39 is 36.6 Å². The number of aromatic hydroxyl groups is 1.